The molecule has 0 amide bonds. The molecule has 1 heterocycles. The van der Waals surface area contributed by atoms with Gasteiger partial charge in [-0.2, -0.15) is 0 Å². The minimum absolute atomic E-state index is 0.0396. The summed E-state index contributed by atoms with van der Waals surface area (Å²) in [5.74, 6) is -0.638. The summed E-state index contributed by atoms with van der Waals surface area (Å²) in [6.45, 7) is 2.75. The molecule has 1 atom stereocenters. The zero-order chi connectivity index (χ0) is 19.6. The van der Waals surface area contributed by atoms with Gasteiger partial charge in [0, 0.05) is 42.3 Å². The number of benzene rings is 2. The van der Waals surface area contributed by atoms with Gasteiger partial charge in [0.2, 0.25) is 0 Å². The highest BCUT2D eigenvalue weighted by Crippen LogP contribution is 2.47. The Hall–Kier alpha value is -2.50. The van der Waals surface area contributed by atoms with E-state index in [0.717, 1.165) is 5.56 Å². The number of rotatable bonds is 7. The minimum atomic E-state index is -1.35. The Balaban J connectivity index is 1.97. The second kappa shape index (κ2) is 8.03. The molecule has 2 aromatic rings. The zero-order valence-electron chi connectivity index (χ0n) is 14.8. The van der Waals surface area contributed by atoms with Crippen molar-refractivity contribution in [2.24, 2.45) is 5.92 Å². The van der Waals surface area contributed by atoms with Gasteiger partial charge < -0.3 is 10.7 Å². The van der Waals surface area contributed by atoms with Crippen LogP contribution in [0.1, 0.15) is 16.7 Å². The lowest BCUT2D eigenvalue weighted by Gasteiger charge is -2.32. The summed E-state index contributed by atoms with van der Waals surface area (Å²) in [7, 11) is -1.35. The first-order chi connectivity index (χ1) is 12.9. The molecule has 1 fully saturated rings. The van der Waals surface area contributed by atoms with Crippen LogP contribution in [0.15, 0.2) is 42.5 Å². The molecule has 0 aliphatic carbocycles. The van der Waals surface area contributed by atoms with Crippen LogP contribution < -0.4 is 5.32 Å². The Morgan fingerprint density at radius 2 is 1.96 bits per heavy atom. The molecule has 0 radical (unpaired) electrons. The molecule has 1 aliphatic rings. The molecule has 27 heavy (non-hydrogen) atoms. The van der Waals surface area contributed by atoms with E-state index in [-0.39, 0.29) is 28.2 Å². The summed E-state index contributed by atoms with van der Waals surface area (Å²) in [6.07, 6.45) is 0.494. The maximum atomic E-state index is 14.2. The molecule has 8 heteroatoms. The number of nitro groups is 1. The number of nitro benzene ring substituents is 1. The van der Waals surface area contributed by atoms with Crippen LogP contribution in [0.3, 0.4) is 0 Å². The third kappa shape index (κ3) is 4.10. The van der Waals surface area contributed by atoms with Gasteiger partial charge >= 0.3 is 0 Å². The zero-order valence-corrected chi connectivity index (χ0v) is 15.7. The highest BCUT2D eigenvalue weighted by Gasteiger charge is 2.32. The first kappa shape index (κ1) is 19.3. The highest BCUT2D eigenvalue weighted by atomic mass is 31.1. The van der Waals surface area contributed by atoms with Crippen LogP contribution >= 0.6 is 7.92 Å². The summed E-state index contributed by atoms with van der Waals surface area (Å²) in [5.41, 5.74) is 1.38. The number of halogens is 1. The Kier molecular flexibility index (Phi) is 5.73. The third-order valence-electron chi connectivity index (χ3n) is 4.70. The summed E-state index contributed by atoms with van der Waals surface area (Å²) >= 11 is 0. The quantitative estimate of drug-likeness (QED) is 0.287. The predicted octanol–water partition coefficient (Wildman–Crippen LogP) is 4.25. The molecule has 1 unspecified atom stereocenters. The SMILES string of the molecule is Cc1c(F)cc(C(=N)P(Cc2ccccc2)C(=N)C2CNC2)cc1[N+](=O)[O-]. The second-order valence-electron chi connectivity index (χ2n) is 6.52. The van der Waals surface area contributed by atoms with Gasteiger partial charge in [-0.15, -0.1) is 0 Å². The fraction of sp³-hybridized carbons (Fsp3) is 0.263. The molecular formula is C19H20FN4O2P. The lowest BCUT2D eigenvalue weighted by atomic mass is 10.1. The van der Waals surface area contributed by atoms with Crippen LogP contribution in [0.5, 0.6) is 0 Å². The fourth-order valence-electron chi connectivity index (χ4n) is 2.90. The normalized spacial score (nSPS) is 15.0. The lowest BCUT2D eigenvalue weighted by Crippen LogP contribution is -2.46. The summed E-state index contributed by atoms with van der Waals surface area (Å²) < 4.78 is 14.2. The first-order valence-corrected chi connectivity index (χ1v) is 10.0. The Morgan fingerprint density at radius 3 is 2.52 bits per heavy atom. The summed E-state index contributed by atoms with van der Waals surface area (Å²) in [6, 6.07) is 12.0. The van der Waals surface area contributed by atoms with E-state index in [4.69, 9.17) is 10.8 Å². The molecule has 0 saturated carbocycles. The molecule has 0 aromatic heterocycles. The van der Waals surface area contributed by atoms with Gasteiger partial charge in [-0.05, 0) is 26.5 Å². The highest BCUT2D eigenvalue weighted by molar-refractivity contribution is 7.89. The van der Waals surface area contributed by atoms with E-state index >= 15 is 0 Å². The monoisotopic (exact) mass is 386 g/mol. The molecule has 3 N–H and O–H groups in total. The fourth-order valence-corrected chi connectivity index (χ4v) is 5.11. The maximum Gasteiger partial charge on any atom is 0.275 e. The van der Waals surface area contributed by atoms with Crippen LogP contribution in [-0.2, 0) is 6.16 Å². The van der Waals surface area contributed by atoms with Gasteiger partial charge in [0.1, 0.15) is 5.82 Å². The standard InChI is InChI=1S/C19H20FN4O2P/c1-12-16(20)7-14(8-17(12)24(25)26)18(21)27(19(22)15-9-23-10-15)11-13-5-3-2-4-6-13/h2-8,15,21-23H,9-11H2,1H3. The summed E-state index contributed by atoms with van der Waals surface area (Å²) in [5, 5.41) is 31.6. The van der Waals surface area contributed by atoms with E-state index in [2.05, 4.69) is 5.32 Å². The van der Waals surface area contributed by atoms with Gasteiger partial charge in [0.15, 0.2) is 0 Å². The third-order valence-corrected chi connectivity index (χ3v) is 7.13. The molecule has 0 bridgehead atoms. The van der Waals surface area contributed by atoms with E-state index in [1.807, 2.05) is 30.3 Å². The molecule has 1 saturated heterocycles. The van der Waals surface area contributed by atoms with Crippen molar-refractivity contribution < 1.29 is 9.31 Å². The lowest BCUT2D eigenvalue weighted by molar-refractivity contribution is -0.385. The van der Waals surface area contributed by atoms with Crippen molar-refractivity contribution >= 4 is 24.5 Å². The predicted molar refractivity (Wildman–Crippen MR) is 106 cm³/mol. The van der Waals surface area contributed by atoms with Crippen molar-refractivity contribution in [1.29, 1.82) is 10.8 Å². The van der Waals surface area contributed by atoms with Gasteiger partial charge in [0.25, 0.3) is 5.69 Å². The van der Waals surface area contributed by atoms with Crippen molar-refractivity contribution in [3.63, 3.8) is 0 Å². The maximum absolute atomic E-state index is 14.2. The average Bonchev–Trinajstić information content (AvgIpc) is 2.60. The molecule has 6 nitrogen and oxygen atoms in total. The smallest absolute Gasteiger partial charge is 0.275 e. The largest absolute Gasteiger partial charge is 0.315 e. The number of hydrogen-bond acceptors (Lipinski definition) is 5. The van der Waals surface area contributed by atoms with Crippen molar-refractivity contribution in [2.45, 2.75) is 13.1 Å². The molecule has 3 rings (SSSR count). The second-order valence-corrected chi connectivity index (χ2v) is 8.62. The van der Waals surface area contributed by atoms with Crippen molar-refractivity contribution in [1.82, 2.24) is 5.32 Å². The van der Waals surface area contributed by atoms with Crippen molar-refractivity contribution in [2.75, 3.05) is 13.1 Å². The number of hydrogen-bond donors (Lipinski definition) is 3. The first-order valence-electron chi connectivity index (χ1n) is 8.52. The van der Waals surface area contributed by atoms with Gasteiger partial charge in [-0.25, -0.2) is 4.39 Å². The van der Waals surface area contributed by atoms with Gasteiger partial charge in [-0.3, -0.25) is 15.5 Å². The molecule has 1 aliphatic heterocycles. The Bertz CT molecular complexity index is 900. The van der Waals surface area contributed by atoms with Crippen LogP contribution in [0.2, 0.25) is 0 Å². The minimum Gasteiger partial charge on any atom is -0.315 e. The van der Waals surface area contributed by atoms with Crippen LogP contribution in [0, 0.1) is 39.6 Å². The van der Waals surface area contributed by atoms with E-state index in [1.54, 1.807) is 0 Å². The molecule has 0 spiro atoms. The molecule has 140 valence electrons. The molecule has 2 aromatic carbocycles. The summed E-state index contributed by atoms with van der Waals surface area (Å²) in [4.78, 5) is 10.6. The van der Waals surface area contributed by atoms with Crippen LogP contribution in [-0.4, -0.2) is 28.9 Å². The number of nitrogens with one attached hydrogen (secondary N) is 3. The Morgan fingerprint density at radius 1 is 1.30 bits per heavy atom. The van der Waals surface area contributed by atoms with Crippen LogP contribution in [0.4, 0.5) is 10.1 Å². The topological polar surface area (TPSA) is 103 Å². The average molecular weight is 386 g/mol. The Labute approximate surface area is 157 Å². The number of nitrogens with zero attached hydrogens (tertiary/aromatic N) is 1. The van der Waals surface area contributed by atoms with E-state index in [1.165, 1.54) is 19.1 Å². The van der Waals surface area contributed by atoms with Crippen molar-refractivity contribution in [3.8, 4) is 0 Å². The van der Waals surface area contributed by atoms with E-state index in [9.17, 15) is 14.5 Å². The van der Waals surface area contributed by atoms with Gasteiger partial charge in [0.05, 0.1) is 15.9 Å². The van der Waals surface area contributed by atoms with Gasteiger partial charge in [-0.1, -0.05) is 30.3 Å². The molecular weight excluding hydrogens is 366 g/mol. The van der Waals surface area contributed by atoms with Crippen molar-refractivity contribution in [3.05, 3.63) is 75.1 Å². The van der Waals surface area contributed by atoms with Crippen LogP contribution in [0.25, 0.3) is 0 Å². The van der Waals surface area contributed by atoms with E-state index < -0.39 is 18.7 Å². The van der Waals surface area contributed by atoms with E-state index in [0.29, 0.717) is 24.7 Å².